The summed E-state index contributed by atoms with van der Waals surface area (Å²) in [6.45, 7) is -0.728. The molecule has 0 N–H and O–H groups in total. The molecule has 0 aromatic heterocycles. The fraction of sp³-hybridized carbons (Fsp3) is 0.364. The number of hydrogen-bond donors (Lipinski definition) is 0. The number of alkyl halides is 2. The van der Waals surface area contributed by atoms with Crippen LogP contribution in [0.3, 0.4) is 0 Å². The largest absolute Gasteiger partial charge is 0.493 e. The smallest absolute Gasteiger partial charge is 0.337 e. The Morgan fingerprint density at radius 1 is 1.29 bits per heavy atom. The molecular weight excluding hydrogens is 234 g/mol. The van der Waals surface area contributed by atoms with E-state index in [9.17, 15) is 13.6 Å². The zero-order valence-electron chi connectivity index (χ0n) is 9.41. The summed E-state index contributed by atoms with van der Waals surface area (Å²) in [5.74, 6) is -0.183. The van der Waals surface area contributed by atoms with Crippen molar-refractivity contribution in [2.75, 3.05) is 20.8 Å². The Morgan fingerprint density at radius 2 is 2.00 bits per heavy atom. The van der Waals surface area contributed by atoms with Gasteiger partial charge in [-0.1, -0.05) is 0 Å². The van der Waals surface area contributed by atoms with E-state index >= 15 is 0 Å². The lowest BCUT2D eigenvalue weighted by Gasteiger charge is -2.11. The Kier molecular flexibility index (Phi) is 4.68. The van der Waals surface area contributed by atoms with E-state index in [1.54, 1.807) is 0 Å². The van der Waals surface area contributed by atoms with E-state index in [0.717, 1.165) is 0 Å². The molecule has 0 radical (unpaired) electrons. The van der Waals surface area contributed by atoms with Gasteiger partial charge in [0.15, 0.2) is 11.5 Å². The monoisotopic (exact) mass is 246 g/mol. The number of rotatable bonds is 5. The van der Waals surface area contributed by atoms with E-state index in [1.807, 2.05) is 0 Å². The average Bonchev–Trinajstić information content (AvgIpc) is 2.34. The van der Waals surface area contributed by atoms with E-state index in [4.69, 9.17) is 9.47 Å². The Labute approximate surface area is 97.1 Å². The van der Waals surface area contributed by atoms with Crippen molar-refractivity contribution < 1.29 is 27.8 Å². The molecular formula is C11H12F2O4. The number of ether oxygens (including phenoxy) is 3. The van der Waals surface area contributed by atoms with Gasteiger partial charge in [-0.3, -0.25) is 0 Å². The summed E-state index contributed by atoms with van der Waals surface area (Å²) in [5.41, 5.74) is 0.258. The number of carbonyl (C=O) groups is 1. The Hall–Kier alpha value is -1.85. The van der Waals surface area contributed by atoms with Gasteiger partial charge < -0.3 is 14.2 Å². The molecule has 4 nitrogen and oxygen atoms in total. The Morgan fingerprint density at radius 3 is 2.53 bits per heavy atom. The van der Waals surface area contributed by atoms with Crippen LogP contribution in [0.25, 0.3) is 0 Å². The molecule has 0 aliphatic carbocycles. The third-order valence-corrected chi connectivity index (χ3v) is 1.95. The van der Waals surface area contributed by atoms with E-state index in [1.165, 1.54) is 32.4 Å². The maximum absolute atomic E-state index is 12.0. The van der Waals surface area contributed by atoms with Gasteiger partial charge in [0.1, 0.15) is 6.61 Å². The quantitative estimate of drug-likeness (QED) is 0.746. The Bertz CT molecular complexity index is 393. The number of halogens is 2. The van der Waals surface area contributed by atoms with Crippen LogP contribution >= 0.6 is 0 Å². The first-order chi connectivity index (χ1) is 8.08. The highest BCUT2D eigenvalue weighted by molar-refractivity contribution is 5.90. The van der Waals surface area contributed by atoms with Crippen molar-refractivity contribution in [2.24, 2.45) is 0 Å². The van der Waals surface area contributed by atoms with E-state index in [-0.39, 0.29) is 17.1 Å². The predicted molar refractivity (Wildman–Crippen MR) is 55.8 cm³/mol. The molecule has 17 heavy (non-hydrogen) atoms. The van der Waals surface area contributed by atoms with Crippen LogP contribution in [0, 0.1) is 0 Å². The average molecular weight is 246 g/mol. The summed E-state index contributed by atoms with van der Waals surface area (Å²) in [6, 6.07) is 4.16. The molecule has 1 aromatic carbocycles. The summed E-state index contributed by atoms with van der Waals surface area (Å²) < 4.78 is 38.2. The third-order valence-electron chi connectivity index (χ3n) is 1.95. The summed E-state index contributed by atoms with van der Waals surface area (Å²) in [6.07, 6.45) is -2.57. The SMILES string of the molecule is COC(=O)c1ccc(OCC(F)F)c(OC)c1. The second-order valence-corrected chi connectivity index (χ2v) is 3.06. The summed E-state index contributed by atoms with van der Waals surface area (Å²) in [4.78, 5) is 11.2. The van der Waals surface area contributed by atoms with Gasteiger partial charge in [-0.25, -0.2) is 13.6 Å². The van der Waals surface area contributed by atoms with Gasteiger partial charge in [-0.15, -0.1) is 0 Å². The summed E-state index contributed by atoms with van der Waals surface area (Å²) in [7, 11) is 2.60. The molecule has 0 unspecified atom stereocenters. The van der Waals surface area contributed by atoms with Gasteiger partial charge in [0, 0.05) is 0 Å². The molecule has 0 atom stereocenters. The number of methoxy groups -OCH3 is 2. The molecule has 0 heterocycles. The van der Waals surface area contributed by atoms with Crippen LogP contribution in [0.5, 0.6) is 11.5 Å². The van der Waals surface area contributed by atoms with Crippen molar-refractivity contribution in [3.05, 3.63) is 23.8 Å². The molecule has 1 rings (SSSR count). The molecule has 0 aliphatic heterocycles. The fourth-order valence-electron chi connectivity index (χ4n) is 1.18. The highest BCUT2D eigenvalue weighted by Crippen LogP contribution is 2.28. The number of benzene rings is 1. The minimum atomic E-state index is -2.57. The van der Waals surface area contributed by atoms with Crippen LogP contribution in [0.1, 0.15) is 10.4 Å². The number of carbonyl (C=O) groups excluding carboxylic acids is 1. The zero-order valence-corrected chi connectivity index (χ0v) is 9.41. The molecule has 0 saturated heterocycles. The molecule has 0 fully saturated rings. The van der Waals surface area contributed by atoms with Crippen molar-refractivity contribution >= 4 is 5.97 Å². The van der Waals surface area contributed by atoms with Crippen LogP contribution in [0.2, 0.25) is 0 Å². The second kappa shape index (κ2) is 6.03. The van der Waals surface area contributed by atoms with Crippen molar-refractivity contribution in [1.29, 1.82) is 0 Å². The van der Waals surface area contributed by atoms with Crippen LogP contribution in [-0.2, 0) is 4.74 Å². The molecule has 0 spiro atoms. The molecule has 0 bridgehead atoms. The lowest BCUT2D eigenvalue weighted by molar-refractivity contribution is 0.0599. The van der Waals surface area contributed by atoms with Crippen molar-refractivity contribution in [1.82, 2.24) is 0 Å². The van der Waals surface area contributed by atoms with Gasteiger partial charge in [0.05, 0.1) is 19.8 Å². The van der Waals surface area contributed by atoms with E-state index < -0.39 is 19.0 Å². The maximum atomic E-state index is 12.0. The first-order valence-electron chi connectivity index (χ1n) is 4.75. The van der Waals surface area contributed by atoms with Crippen molar-refractivity contribution in [2.45, 2.75) is 6.43 Å². The first kappa shape index (κ1) is 13.2. The summed E-state index contributed by atoms with van der Waals surface area (Å²) in [5, 5.41) is 0. The molecule has 1 aromatic rings. The summed E-state index contributed by atoms with van der Waals surface area (Å²) >= 11 is 0. The van der Waals surface area contributed by atoms with Crippen LogP contribution in [0.15, 0.2) is 18.2 Å². The van der Waals surface area contributed by atoms with E-state index in [2.05, 4.69) is 4.74 Å². The van der Waals surface area contributed by atoms with Crippen LogP contribution < -0.4 is 9.47 Å². The lowest BCUT2D eigenvalue weighted by Crippen LogP contribution is -2.08. The highest BCUT2D eigenvalue weighted by Gasteiger charge is 2.12. The van der Waals surface area contributed by atoms with Crippen LogP contribution in [0.4, 0.5) is 8.78 Å². The van der Waals surface area contributed by atoms with Gasteiger partial charge >= 0.3 is 5.97 Å². The number of esters is 1. The molecule has 94 valence electrons. The number of hydrogen-bond acceptors (Lipinski definition) is 4. The minimum Gasteiger partial charge on any atom is -0.493 e. The van der Waals surface area contributed by atoms with Gasteiger partial charge in [0.2, 0.25) is 0 Å². The fourth-order valence-corrected chi connectivity index (χ4v) is 1.18. The predicted octanol–water partition coefficient (Wildman–Crippen LogP) is 2.13. The van der Waals surface area contributed by atoms with Gasteiger partial charge in [-0.2, -0.15) is 0 Å². The van der Waals surface area contributed by atoms with Crippen molar-refractivity contribution in [3.63, 3.8) is 0 Å². The Balaban J connectivity index is 2.89. The van der Waals surface area contributed by atoms with Gasteiger partial charge in [0.25, 0.3) is 6.43 Å². The maximum Gasteiger partial charge on any atom is 0.337 e. The molecule has 0 amide bonds. The first-order valence-corrected chi connectivity index (χ1v) is 4.75. The van der Waals surface area contributed by atoms with Crippen LogP contribution in [-0.4, -0.2) is 33.2 Å². The van der Waals surface area contributed by atoms with Gasteiger partial charge in [-0.05, 0) is 18.2 Å². The third kappa shape index (κ3) is 3.58. The molecule has 6 heteroatoms. The molecule has 0 saturated carbocycles. The second-order valence-electron chi connectivity index (χ2n) is 3.06. The standard InChI is InChI=1S/C11H12F2O4/c1-15-9-5-7(11(14)16-2)3-4-8(9)17-6-10(12)13/h3-5,10H,6H2,1-2H3. The normalized spacial score (nSPS) is 10.2. The zero-order chi connectivity index (χ0) is 12.8. The van der Waals surface area contributed by atoms with Crippen molar-refractivity contribution in [3.8, 4) is 11.5 Å². The minimum absolute atomic E-state index is 0.153. The highest BCUT2D eigenvalue weighted by atomic mass is 19.3. The van der Waals surface area contributed by atoms with E-state index in [0.29, 0.717) is 0 Å². The topological polar surface area (TPSA) is 44.8 Å². The lowest BCUT2D eigenvalue weighted by atomic mass is 10.2. The molecule has 0 aliphatic rings.